The average molecular weight is 210 g/mol. The van der Waals surface area contributed by atoms with Crippen LogP contribution in [0.25, 0.3) is 0 Å². The SMILES string of the molecule is CCOC(=O)[C@H]1[C@@H](C(=O)O)[C@H]2C=C[C@@H]1C2. The summed E-state index contributed by atoms with van der Waals surface area (Å²) in [6.45, 7) is 2.04. The fourth-order valence-electron chi connectivity index (χ4n) is 2.72. The Morgan fingerprint density at radius 1 is 1.33 bits per heavy atom. The van der Waals surface area contributed by atoms with E-state index in [1.54, 1.807) is 6.92 Å². The molecule has 2 rings (SSSR count). The van der Waals surface area contributed by atoms with Gasteiger partial charge < -0.3 is 9.84 Å². The fraction of sp³-hybridized carbons (Fsp3) is 0.636. The molecule has 0 amide bonds. The van der Waals surface area contributed by atoms with Crippen molar-refractivity contribution in [2.45, 2.75) is 13.3 Å². The highest BCUT2D eigenvalue weighted by atomic mass is 16.5. The van der Waals surface area contributed by atoms with Crippen molar-refractivity contribution < 1.29 is 19.4 Å². The number of carboxylic acid groups (broad SMARTS) is 1. The van der Waals surface area contributed by atoms with Crippen molar-refractivity contribution in [1.29, 1.82) is 0 Å². The van der Waals surface area contributed by atoms with Crippen molar-refractivity contribution in [2.75, 3.05) is 6.61 Å². The van der Waals surface area contributed by atoms with Gasteiger partial charge in [-0.3, -0.25) is 9.59 Å². The van der Waals surface area contributed by atoms with Crippen LogP contribution in [0.1, 0.15) is 13.3 Å². The number of carboxylic acids is 1. The molecule has 0 saturated heterocycles. The first-order valence-corrected chi connectivity index (χ1v) is 5.23. The molecule has 2 bridgehead atoms. The van der Waals surface area contributed by atoms with Crippen LogP contribution in [0.15, 0.2) is 12.2 Å². The molecule has 15 heavy (non-hydrogen) atoms. The van der Waals surface area contributed by atoms with Crippen LogP contribution in [0.5, 0.6) is 0 Å². The Bertz CT molecular complexity index is 321. The molecule has 0 unspecified atom stereocenters. The first-order valence-electron chi connectivity index (χ1n) is 5.23. The molecule has 1 N–H and O–H groups in total. The van der Waals surface area contributed by atoms with E-state index in [1.165, 1.54) is 0 Å². The van der Waals surface area contributed by atoms with Gasteiger partial charge in [-0.2, -0.15) is 0 Å². The van der Waals surface area contributed by atoms with Gasteiger partial charge in [0.25, 0.3) is 0 Å². The van der Waals surface area contributed by atoms with Crippen molar-refractivity contribution >= 4 is 11.9 Å². The molecule has 82 valence electrons. The molecule has 0 aromatic carbocycles. The summed E-state index contributed by atoms with van der Waals surface area (Å²) in [7, 11) is 0. The number of carbonyl (C=O) groups is 2. The fourth-order valence-corrected chi connectivity index (χ4v) is 2.72. The molecule has 0 spiro atoms. The quantitative estimate of drug-likeness (QED) is 0.559. The van der Waals surface area contributed by atoms with Gasteiger partial charge in [-0.05, 0) is 25.2 Å². The van der Waals surface area contributed by atoms with E-state index in [0.717, 1.165) is 6.42 Å². The zero-order chi connectivity index (χ0) is 11.0. The van der Waals surface area contributed by atoms with Gasteiger partial charge in [0, 0.05) is 0 Å². The molecule has 2 aliphatic rings. The van der Waals surface area contributed by atoms with Gasteiger partial charge in [0.2, 0.25) is 0 Å². The molecule has 4 atom stereocenters. The summed E-state index contributed by atoms with van der Waals surface area (Å²) < 4.78 is 4.92. The van der Waals surface area contributed by atoms with Gasteiger partial charge in [-0.1, -0.05) is 12.2 Å². The number of fused-ring (bicyclic) bond motifs is 2. The van der Waals surface area contributed by atoms with E-state index in [9.17, 15) is 9.59 Å². The zero-order valence-electron chi connectivity index (χ0n) is 8.55. The smallest absolute Gasteiger partial charge is 0.310 e. The second-order valence-electron chi connectivity index (χ2n) is 4.09. The Hall–Kier alpha value is -1.32. The highest BCUT2D eigenvalue weighted by molar-refractivity contribution is 5.83. The number of hydrogen-bond acceptors (Lipinski definition) is 3. The van der Waals surface area contributed by atoms with Crippen LogP contribution in [-0.4, -0.2) is 23.7 Å². The number of aliphatic carboxylic acids is 1. The summed E-state index contributed by atoms with van der Waals surface area (Å²) in [6, 6.07) is 0. The highest BCUT2D eigenvalue weighted by Gasteiger charge is 2.52. The van der Waals surface area contributed by atoms with E-state index in [2.05, 4.69) is 0 Å². The van der Waals surface area contributed by atoms with Crippen LogP contribution in [-0.2, 0) is 14.3 Å². The molecular formula is C11H14O4. The first kappa shape index (κ1) is 10.2. The van der Waals surface area contributed by atoms with Crippen molar-refractivity contribution in [2.24, 2.45) is 23.7 Å². The number of esters is 1. The molecule has 0 aliphatic heterocycles. The normalized spacial score (nSPS) is 36.9. The molecule has 2 aliphatic carbocycles. The molecular weight excluding hydrogens is 196 g/mol. The minimum atomic E-state index is -0.884. The lowest BCUT2D eigenvalue weighted by atomic mass is 9.83. The third kappa shape index (κ3) is 1.54. The maximum atomic E-state index is 11.6. The Labute approximate surface area is 87.9 Å². The first-order chi connectivity index (χ1) is 7.15. The minimum absolute atomic E-state index is 0.0157. The molecule has 0 aromatic heterocycles. The highest BCUT2D eigenvalue weighted by Crippen LogP contribution is 2.48. The van der Waals surface area contributed by atoms with E-state index < -0.39 is 17.8 Å². The number of hydrogen-bond donors (Lipinski definition) is 1. The lowest BCUT2D eigenvalue weighted by molar-refractivity contribution is -0.158. The standard InChI is InChI=1S/C11H14O4/c1-2-15-11(14)9-7-4-3-6(5-7)8(9)10(12)13/h3-4,6-9H,2,5H2,1H3,(H,12,13)/t6-,7+,8-,9+/m0/s1. The Morgan fingerprint density at radius 3 is 2.47 bits per heavy atom. The lowest BCUT2D eigenvalue weighted by Gasteiger charge is -2.22. The second kappa shape index (κ2) is 3.68. The molecule has 4 nitrogen and oxygen atoms in total. The number of carbonyl (C=O) groups excluding carboxylic acids is 1. The average Bonchev–Trinajstić information content (AvgIpc) is 2.76. The predicted molar refractivity (Wildman–Crippen MR) is 52.0 cm³/mol. The van der Waals surface area contributed by atoms with Crippen molar-refractivity contribution in [3.05, 3.63) is 12.2 Å². The van der Waals surface area contributed by atoms with Crippen LogP contribution in [0, 0.1) is 23.7 Å². The van der Waals surface area contributed by atoms with E-state index in [0.29, 0.717) is 6.61 Å². The third-order valence-corrected chi connectivity index (χ3v) is 3.30. The van der Waals surface area contributed by atoms with Crippen molar-refractivity contribution in [3.8, 4) is 0 Å². The summed E-state index contributed by atoms with van der Waals surface area (Å²) in [4.78, 5) is 22.7. The van der Waals surface area contributed by atoms with Gasteiger partial charge in [-0.25, -0.2) is 0 Å². The van der Waals surface area contributed by atoms with Crippen LogP contribution in [0.4, 0.5) is 0 Å². The summed E-state index contributed by atoms with van der Waals surface area (Å²) >= 11 is 0. The second-order valence-corrected chi connectivity index (χ2v) is 4.09. The summed E-state index contributed by atoms with van der Waals surface area (Å²) in [6.07, 6.45) is 4.64. The van der Waals surface area contributed by atoms with Gasteiger partial charge in [0.05, 0.1) is 18.4 Å². The van der Waals surface area contributed by atoms with Crippen LogP contribution in [0.2, 0.25) is 0 Å². The molecule has 4 heteroatoms. The third-order valence-electron chi connectivity index (χ3n) is 3.30. The van der Waals surface area contributed by atoms with E-state index in [-0.39, 0.29) is 17.8 Å². The lowest BCUT2D eigenvalue weighted by Crippen LogP contribution is -2.34. The Morgan fingerprint density at radius 2 is 1.93 bits per heavy atom. The molecule has 1 fully saturated rings. The van der Waals surface area contributed by atoms with Crippen LogP contribution >= 0.6 is 0 Å². The zero-order valence-corrected chi connectivity index (χ0v) is 8.55. The van der Waals surface area contributed by atoms with Crippen LogP contribution < -0.4 is 0 Å². The van der Waals surface area contributed by atoms with E-state index in [4.69, 9.17) is 9.84 Å². The van der Waals surface area contributed by atoms with Crippen molar-refractivity contribution in [1.82, 2.24) is 0 Å². The maximum Gasteiger partial charge on any atom is 0.310 e. The van der Waals surface area contributed by atoms with Gasteiger partial charge >= 0.3 is 11.9 Å². The Balaban J connectivity index is 2.19. The number of ether oxygens (including phenoxy) is 1. The molecule has 1 saturated carbocycles. The Kier molecular flexibility index (Phi) is 2.50. The minimum Gasteiger partial charge on any atom is -0.481 e. The number of rotatable bonds is 3. The maximum absolute atomic E-state index is 11.6. The molecule has 0 aromatic rings. The molecule has 0 heterocycles. The summed E-state index contributed by atoms with van der Waals surface area (Å²) in [5.74, 6) is -2.22. The monoisotopic (exact) mass is 210 g/mol. The summed E-state index contributed by atoms with van der Waals surface area (Å²) in [5, 5.41) is 9.08. The van der Waals surface area contributed by atoms with E-state index in [1.807, 2.05) is 12.2 Å². The van der Waals surface area contributed by atoms with Gasteiger partial charge in [-0.15, -0.1) is 0 Å². The van der Waals surface area contributed by atoms with Crippen LogP contribution in [0.3, 0.4) is 0 Å². The van der Waals surface area contributed by atoms with Gasteiger partial charge in [0.1, 0.15) is 0 Å². The largest absolute Gasteiger partial charge is 0.481 e. The predicted octanol–water partition coefficient (Wildman–Crippen LogP) is 1.07. The summed E-state index contributed by atoms with van der Waals surface area (Å²) in [5.41, 5.74) is 0. The van der Waals surface area contributed by atoms with E-state index >= 15 is 0 Å². The number of allylic oxidation sites excluding steroid dienone is 2. The van der Waals surface area contributed by atoms with Crippen molar-refractivity contribution in [3.63, 3.8) is 0 Å². The van der Waals surface area contributed by atoms with Gasteiger partial charge in [0.15, 0.2) is 0 Å². The molecule has 0 radical (unpaired) electrons. The topological polar surface area (TPSA) is 63.6 Å².